The normalized spacial score (nSPS) is 30.4. The molecule has 2 bridgehead atoms. The molecule has 2 saturated heterocycles. The Kier molecular flexibility index (Phi) is 2.98. The van der Waals surface area contributed by atoms with Crippen molar-refractivity contribution in [2.75, 3.05) is 11.4 Å². The maximum absolute atomic E-state index is 10.9. The van der Waals surface area contributed by atoms with Crippen molar-refractivity contribution in [3.63, 3.8) is 0 Å². The smallest absolute Gasteiger partial charge is 0.303 e. The second-order valence-electron chi connectivity index (χ2n) is 5.57. The van der Waals surface area contributed by atoms with E-state index in [-0.39, 0.29) is 0 Å². The van der Waals surface area contributed by atoms with Gasteiger partial charge in [0.2, 0.25) is 0 Å². The van der Waals surface area contributed by atoms with Crippen LogP contribution in [0.25, 0.3) is 0 Å². The van der Waals surface area contributed by atoms with Gasteiger partial charge in [0.25, 0.3) is 0 Å². The summed E-state index contributed by atoms with van der Waals surface area (Å²) in [4.78, 5) is 13.4. The maximum atomic E-state index is 10.9. The Morgan fingerprint density at radius 1 is 1.28 bits per heavy atom. The van der Waals surface area contributed by atoms with Crippen LogP contribution in [0.3, 0.4) is 0 Å². The molecule has 18 heavy (non-hydrogen) atoms. The Labute approximate surface area is 107 Å². The first-order valence-electron chi connectivity index (χ1n) is 6.77. The highest BCUT2D eigenvalue weighted by Crippen LogP contribution is 2.42. The molecular formula is C15H19NO2. The molecule has 0 amide bonds. The first-order chi connectivity index (χ1) is 8.74. The average molecular weight is 245 g/mol. The quantitative estimate of drug-likeness (QED) is 0.890. The number of aliphatic carboxylic acids is 1. The number of carbonyl (C=O) groups is 1. The number of anilines is 1. The van der Waals surface area contributed by atoms with E-state index in [1.54, 1.807) is 0 Å². The van der Waals surface area contributed by atoms with Crippen molar-refractivity contribution in [3.05, 3.63) is 30.3 Å². The van der Waals surface area contributed by atoms with Gasteiger partial charge in [-0.15, -0.1) is 0 Å². The average Bonchev–Trinajstić information content (AvgIpc) is 2.40. The summed E-state index contributed by atoms with van der Waals surface area (Å²) in [5, 5.41) is 8.96. The summed E-state index contributed by atoms with van der Waals surface area (Å²) < 4.78 is 0. The fourth-order valence-electron chi connectivity index (χ4n) is 3.64. The number of rotatable bonds is 3. The summed E-state index contributed by atoms with van der Waals surface area (Å²) in [5.41, 5.74) is 1.29. The summed E-state index contributed by atoms with van der Waals surface area (Å²) >= 11 is 0. The number of carboxylic acid groups (broad SMARTS) is 1. The lowest BCUT2D eigenvalue weighted by Gasteiger charge is -2.50. The number of fused-ring (bicyclic) bond motifs is 3. The molecule has 3 fully saturated rings. The van der Waals surface area contributed by atoms with E-state index in [4.69, 9.17) is 5.11 Å². The van der Waals surface area contributed by atoms with Crippen LogP contribution in [0.1, 0.15) is 25.7 Å². The van der Waals surface area contributed by atoms with Crippen LogP contribution >= 0.6 is 0 Å². The Balaban J connectivity index is 1.74. The molecule has 2 heterocycles. The molecule has 2 aliphatic heterocycles. The van der Waals surface area contributed by atoms with E-state index >= 15 is 0 Å². The molecule has 0 spiro atoms. The van der Waals surface area contributed by atoms with E-state index in [1.165, 1.54) is 18.5 Å². The maximum Gasteiger partial charge on any atom is 0.303 e. The molecular weight excluding hydrogens is 226 g/mol. The van der Waals surface area contributed by atoms with Crippen molar-refractivity contribution >= 4 is 11.7 Å². The van der Waals surface area contributed by atoms with E-state index in [0.717, 1.165) is 13.0 Å². The zero-order valence-corrected chi connectivity index (χ0v) is 10.5. The van der Waals surface area contributed by atoms with Crippen molar-refractivity contribution in [3.8, 4) is 0 Å². The van der Waals surface area contributed by atoms with Crippen LogP contribution in [0.15, 0.2) is 30.3 Å². The third kappa shape index (κ3) is 2.09. The van der Waals surface area contributed by atoms with Crippen LogP contribution in [-0.2, 0) is 4.79 Å². The fourth-order valence-corrected chi connectivity index (χ4v) is 3.64. The van der Waals surface area contributed by atoms with Crippen molar-refractivity contribution < 1.29 is 9.90 Å². The summed E-state index contributed by atoms with van der Waals surface area (Å²) in [6.45, 7) is 1.03. The molecule has 0 aromatic heterocycles. The molecule has 1 N–H and O–H groups in total. The molecule has 3 heteroatoms. The van der Waals surface area contributed by atoms with Gasteiger partial charge in [-0.05, 0) is 43.2 Å². The van der Waals surface area contributed by atoms with Gasteiger partial charge >= 0.3 is 5.97 Å². The summed E-state index contributed by atoms with van der Waals surface area (Å²) in [5.74, 6) is 0.311. The van der Waals surface area contributed by atoms with Crippen molar-refractivity contribution in [1.29, 1.82) is 0 Å². The Bertz CT molecular complexity index is 431. The van der Waals surface area contributed by atoms with Crippen LogP contribution in [-0.4, -0.2) is 23.7 Å². The third-order valence-electron chi connectivity index (χ3n) is 4.51. The van der Waals surface area contributed by atoms with E-state index < -0.39 is 5.97 Å². The monoisotopic (exact) mass is 245 g/mol. The molecule has 1 aromatic rings. The van der Waals surface area contributed by atoms with Gasteiger partial charge in [-0.2, -0.15) is 0 Å². The van der Waals surface area contributed by atoms with Crippen LogP contribution < -0.4 is 4.90 Å². The lowest BCUT2D eigenvalue weighted by molar-refractivity contribution is -0.139. The fraction of sp³-hybridized carbons (Fsp3) is 0.533. The van der Waals surface area contributed by atoms with Crippen LogP contribution in [0.5, 0.6) is 0 Å². The van der Waals surface area contributed by atoms with Crippen molar-refractivity contribution in [2.45, 2.75) is 31.7 Å². The minimum absolute atomic E-state index is 0.351. The highest BCUT2D eigenvalue weighted by Gasteiger charge is 2.40. The van der Waals surface area contributed by atoms with E-state index in [9.17, 15) is 4.79 Å². The first-order valence-corrected chi connectivity index (χ1v) is 6.77. The molecule has 96 valence electrons. The van der Waals surface area contributed by atoms with Gasteiger partial charge in [0.15, 0.2) is 0 Å². The van der Waals surface area contributed by atoms with Gasteiger partial charge in [-0.25, -0.2) is 0 Å². The van der Waals surface area contributed by atoms with Gasteiger partial charge in [0, 0.05) is 24.7 Å². The molecule has 3 aliphatic rings. The van der Waals surface area contributed by atoms with Gasteiger partial charge < -0.3 is 10.0 Å². The SMILES string of the molecule is O=C(O)CC1CC2CCC1CN2c1ccccc1. The van der Waals surface area contributed by atoms with Crippen LogP contribution in [0.2, 0.25) is 0 Å². The van der Waals surface area contributed by atoms with Gasteiger partial charge in [-0.3, -0.25) is 4.79 Å². The molecule has 3 nitrogen and oxygen atoms in total. The highest BCUT2D eigenvalue weighted by molar-refractivity contribution is 5.67. The number of para-hydroxylation sites is 1. The van der Waals surface area contributed by atoms with E-state index in [1.807, 2.05) is 6.07 Å². The number of hydrogen-bond donors (Lipinski definition) is 1. The molecule has 3 unspecified atom stereocenters. The van der Waals surface area contributed by atoms with Crippen molar-refractivity contribution in [1.82, 2.24) is 0 Å². The Morgan fingerprint density at radius 2 is 2.06 bits per heavy atom. The van der Waals surface area contributed by atoms with Gasteiger partial charge in [0.1, 0.15) is 0 Å². The second kappa shape index (κ2) is 4.63. The largest absolute Gasteiger partial charge is 0.481 e. The molecule has 3 atom stereocenters. The second-order valence-corrected chi connectivity index (χ2v) is 5.57. The molecule has 1 aromatic carbocycles. The Hall–Kier alpha value is -1.51. The van der Waals surface area contributed by atoms with Crippen molar-refractivity contribution in [2.24, 2.45) is 11.8 Å². The Morgan fingerprint density at radius 3 is 2.67 bits per heavy atom. The molecule has 4 rings (SSSR count). The molecule has 1 saturated carbocycles. The minimum atomic E-state index is -0.640. The number of nitrogens with zero attached hydrogens (tertiary/aromatic N) is 1. The van der Waals surface area contributed by atoms with E-state index in [0.29, 0.717) is 24.3 Å². The van der Waals surface area contributed by atoms with Gasteiger partial charge in [0.05, 0.1) is 0 Å². The minimum Gasteiger partial charge on any atom is -0.481 e. The first kappa shape index (κ1) is 11.6. The summed E-state index contributed by atoms with van der Waals surface area (Å²) in [7, 11) is 0. The predicted molar refractivity (Wildman–Crippen MR) is 70.7 cm³/mol. The van der Waals surface area contributed by atoms with Gasteiger partial charge in [-0.1, -0.05) is 18.2 Å². The number of carboxylic acids is 1. The molecule has 0 radical (unpaired) electrons. The number of hydrogen-bond acceptors (Lipinski definition) is 2. The summed E-state index contributed by atoms with van der Waals surface area (Å²) in [6.07, 6.45) is 3.82. The van der Waals surface area contributed by atoms with Crippen LogP contribution in [0, 0.1) is 11.8 Å². The standard InChI is InChI=1S/C15H19NO2/c17-15(18)9-12-8-14-7-6-11(12)10-16(14)13-4-2-1-3-5-13/h1-5,11-12,14H,6-10H2,(H,17,18). The summed E-state index contributed by atoms with van der Waals surface area (Å²) in [6, 6.07) is 11.1. The number of piperidine rings is 2. The zero-order chi connectivity index (χ0) is 12.5. The lowest BCUT2D eigenvalue weighted by Crippen LogP contribution is -2.52. The number of benzene rings is 1. The molecule has 1 aliphatic carbocycles. The van der Waals surface area contributed by atoms with Crippen LogP contribution in [0.4, 0.5) is 5.69 Å². The third-order valence-corrected chi connectivity index (χ3v) is 4.51. The van der Waals surface area contributed by atoms with E-state index in [2.05, 4.69) is 29.2 Å². The predicted octanol–water partition coefficient (Wildman–Crippen LogP) is 2.77. The lowest BCUT2D eigenvalue weighted by atomic mass is 9.70. The topological polar surface area (TPSA) is 40.5 Å². The zero-order valence-electron chi connectivity index (χ0n) is 10.5. The highest BCUT2D eigenvalue weighted by atomic mass is 16.4.